The molecule has 0 bridgehead atoms. The van der Waals surface area contributed by atoms with Gasteiger partial charge in [-0.15, -0.1) is 0 Å². The average Bonchev–Trinajstić information content (AvgIpc) is 2.55. The first kappa shape index (κ1) is 20.1. The number of para-hydroxylation sites is 1. The number of hydrogen-bond donors (Lipinski definition) is 2. The maximum Gasteiger partial charge on any atom is 0.315 e. The molecule has 0 radical (unpaired) electrons. The molecule has 8 nitrogen and oxygen atoms in total. The van der Waals surface area contributed by atoms with Crippen LogP contribution in [0, 0.1) is 0 Å². The van der Waals surface area contributed by atoms with Gasteiger partial charge < -0.3 is 20.1 Å². The van der Waals surface area contributed by atoms with Crippen LogP contribution in [0.3, 0.4) is 0 Å². The molecule has 0 saturated carbocycles. The Morgan fingerprint density at radius 1 is 0.870 bits per heavy atom. The predicted octanol–water partition coefficient (Wildman–Crippen LogP) is 0.484. The Hall–Kier alpha value is -2.90. The number of ether oxygens (including phenoxy) is 2. The standard InChI is InChI=1S/C10H11NO3.C5H9NO3/c1-14-10(13)7-9(12)11-8-5-3-2-4-6-8;1-6-4(7)3-5(8)9-2/h2-6H,7H2,1H3,(H,11,12);3H2,1-2H3,(H,6,7). The number of methoxy groups -OCH3 is 2. The van der Waals surface area contributed by atoms with E-state index in [9.17, 15) is 19.2 Å². The minimum Gasteiger partial charge on any atom is -0.469 e. The first-order chi connectivity index (χ1) is 10.9. The highest BCUT2D eigenvalue weighted by Crippen LogP contribution is 2.05. The zero-order valence-corrected chi connectivity index (χ0v) is 13.3. The first-order valence-corrected chi connectivity index (χ1v) is 6.62. The second-order valence-electron chi connectivity index (χ2n) is 4.09. The Labute approximate surface area is 134 Å². The van der Waals surface area contributed by atoms with E-state index in [1.807, 2.05) is 6.07 Å². The number of amides is 2. The number of esters is 2. The van der Waals surface area contributed by atoms with Crippen molar-refractivity contribution in [3.05, 3.63) is 30.3 Å². The van der Waals surface area contributed by atoms with Gasteiger partial charge in [0.05, 0.1) is 14.2 Å². The van der Waals surface area contributed by atoms with Crippen molar-refractivity contribution < 1.29 is 28.7 Å². The molecule has 1 aromatic carbocycles. The Bertz CT molecular complexity index is 516. The van der Waals surface area contributed by atoms with Gasteiger partial charge in [0.1, 0.15) is 12.8 Å². The number of anilines is 1. The normalized spacial score (nSPS) is 8.83. The molecule has 0 unspecified atom stereocenters. The van der Waals surface area contributed by atoms with Crippen LogP contribution < -0.4 is 10.6 Å². The Morgan fingerprint density at radius 3 is 1.78 bits per heavy atom. The van der Waals surface area contributed by atoms with E-state index in [1.165, 1.54) is 21.3 Å². The Kier molecular flexibility index (Phi) is 10.2. The maximum absolute atomic E-state index is 11.2. The molecule has 0 heterocycles. The molecule has 0 aromatic heterocycles. The molecule has 0 aliphatic carbocycles. The molecule has 126 valence electrons. The maximum atomic E-state index is 11.2. The van der Waals surface area contributed by atoms with Gasteiger partial charge in [-0.1, -0.05) is 18.2 Å². The van der Waals surface area contributed by atoms with Crippen molar-refractivity contribution in [2.75, 3.05) is 26.6 Å². The summed E-state index contributed by atoms with van der Waals surface area (Å²) in [7, 11) is 3.95. The lowest BCUT2D eigenvalue weighted by Crippen LogP contribution is -2.21. The topological polar surface area (TPSA) is 111 Å². The SMILES string of the molecule is CNC(=O)CC(=O)OC.COC(=O)CC(=O)Nc1ccccc1. The summed E-state index contributed by atoms with van der Waals surface area (Å²) in [5.41, 5.74) is 0.668. The molecule has 1 rings (SSSR count). The van der Waals surface area contributed by atoms with E-state index in [0.29, 0.717) is 5.69 Å². The van der Waals surface area contributed by atoms with E-state index >= 15 is 0 Å². The quantitative estimate of drug-likeness (QED) is 0.602. The van der Waals surface area contributed by atoms with Gasteiger partial charge in [0, 0.05) is 12.7 Å². The highest BCUT2D eigenvalue weighted by Gasteiger charge is 2.08. The lowest BCUT2D eigenvalue weighted by molar-refractivity contribution is -0.144. The van der Waals surface area contributed by atoms with Gasteiger partial charge in [0.2, 0.25) is 11.8 Å². The molecule has 8 heteroatoms. The van der Waals surface area contributed by atoms with Gasteiger partial charge in [-0.05, 0) is 12.1 Å². The van der Waals surface area contributed by atoms with Crippen LogP contribution >= 0.6 is 0 Å². The minimum absolute atomic E-state index is 0.201. The van der Waals surface area contributed by atoms with Crippen LogP contribution in [-0.4, -0.2) is 45.0 Å². The van der Waals surface area contributed by atoms with E-state index in [4.69, 9.17) is 0 Å². The fraction of sp³-hybridized carbons (Fsp3) is 0.333. The molecule has 23 heavy (non-hydrogen) atoms. The highest BCUT2D eigenvalue weighted by molar-refractivity contribution is 6.01. The van der Waals surface area contributed by atoms with Crippen molar-refractivity contribution in [3.8, 4) is 0 Å². The van der Waals surface area contributed by atoms with E-state index in [1.54, 1.807) is 24.3 Å². The van der Waals surface area contributed by atoms with Gasteiger partial charge in [-0.25, -0.2) is 0 Å². The molecule has 0 aliphatic heterocycles. The van der Waals surface area contributed by atoms with Gasteiger partial charge in [0.25, 0.3) is 0 Å². The largest absolute Gasteiger partial charge is 0.469 e. The summed E-state index contributed by atoms with van der Waals surface area (Å²) in [4.78, 5) is 42.6. The molecule has 0 atom stereocenters. The molecule has 0 saturated heterocycles. The minimum atomic E-state index is -0.543. The van der Waals surface area contributed by atoms with Crippen molar-refractivity contribution in [2.45, 2.75) is 12.8 Å². The van der Waals surface area contributed by atoms with Gasteiger partial charge in [-0.2, -0.15) is 0 Å². The lowest BCUT2D eigenvalue weighted by atomic mass is 10.3. The second-order valence-corrected chi connectivity index (χ2v) is 4.09. The molecular formula is C15H20N2O6. The van der Waals surface area contributed by atoms with Crippen molar-refractivity contribution >= 4 is 29.4 Å². The van der Waals surface area contributed by atoms with Crippen LogP contribution in [0.1, 0.15) is 12.8 Å². The van der Waals surface area contributed by atoms with Crippen molar-refractivity contribution in [1.82, 2.24) is 5.32 Å². The molecule has 0 aliphatic rings. The van der Waals surface area contributed by atoms with Gasteiger partial charge in [-0.3, -0.25) is 19.2 Å². The van der Waals surface area contributed by atoms with E-state index in [2.05, 4.69) is 20.1 Å². The number of carbonyl (C=O) groups is 4. The third-order valence-corrected chi connectivity index (χ3v) is 2.40. The number of hydrogen-bond acceptors (Lipinski definition) is 6. The highest BCUT2D eigenvalue weighted by atomic mass is 16.5. The fourth-order valence-electron chi connectivity index (χ4n) is 1.22. The molecule has 2 N–H and O–H groups in total. The molecular weight excluding hydrogens is 304 g/mol. The van der Waals surface area contributed by atoms with Crippen LogP contribution in [0.15, 0.2) is 30.3 Å². The lowest BCUT2D eigenvalue weighted by Gasteiger charge is -2.03. The summed E-state index contributed by atoms with van der Waals surface area (Å²) in [6.45, 7) is 0. The zero-order valence-electron chi connectivity index (χ0n) is 13.3. The van der Waals surface area contributed by atoms with Crippen LogP contribution in [0.25, 0.3) is 0 Å². The van der Waals surface area contributed by atoms with Crippen molar-refractivity contribution in [3.63, 3.8) is 0 Å². The van der Waals surface area contributed by atoms with Crippen LogP contribution in [0.4, 0.5) is 5.69 Å². The third kappa shape index (κ3) is 10.5. The number of rotatable bonds is 5. The predicted molar refractivity (Wildman–Crippen MR) is 82.4 cm³/mol. The van der Waals surface area contributed by atoms with Crippen molar-refractivity contribution in [2.24, 2.45) is 0 Å². The fourth-order valence-corrected chi connectivity index (χ4v) is 1.22. The molecule has 0 fully saturated rings. The van der Waals surface area contributed by atoms with Crippen LogP contribution in [0.5, 0.6) is 0 Å². The van der Waals surface area contributed by atoms with Gasteiger partial charge in [0.15, 0.2) is 0 Å². The number of benzene rings is 1. The molecule has 1 aromatic rings. The van der Waals surface area contributed by atoms with E-state index in [0.717, 1.165) is 0 Å². The first-order valence-electron chi connectivity index (χ1n) is 6.62. The Morgan fingerprint density at radius 2 is 1.35 bits per heavy atom. The monoisotopic (exact) mass is 324 g/mol. The zero-order chi connectivity index (χ0) is 17.7. The smallest absolute Gasteiger partial charge is 0.315 e. The second kappa shape index (κ2) is 11.7. The van der Waals surface area contributed by atoms with Crippen LogP contribution in [-0.2, 0) is 28.7 Å². The molecule has 2 amide bonds. The molecule has 0 spiro atoms. The summed E-state index contributed by atoms with van der Waals surface area (Å²) in [5.74, 6) is -1.77. The summed E-state index contributed by atoms with van der Waals surface area (Å²) >= 11 is 0. The Balaban J connectivity index is 0.000000468. The third-order valence-electron chi connectivity index (χ3n) is 2.40. The van der Waals surface area contributed by atoms with E-state index in [-0.39, 0.29) is 24.7 Å². The van der Waals surface area contributed by atoms with Crippen molar-refractivity contribution in [1.29, 1.82) is 0 Å². The summed E-state index contributed by atoms with van der Waals surface area (Å²) in [5, 5.41) is 4.86. The van der Waals surface area contributed by atoms with Gasteiger partial charge >= 0.3 is 11.9 Å². The summed E-state index contributed by atoms with van der Waals surface area (Å²) in [6, 6.07) is 8.93. The summed E-state index contributed by atoms with van der Waals surface area (Å²) < 4.78 is 8.58. The summed E-state index contributed by atoms with van der Waals surface area (Å²) in [6.07, 6.45) is -0.460. The average molecular weight is 324 g/mol. The number of carbonyl (C=O) groups excluding carboxylic acids is 4. The van der Waals surface area contributed by atoms with Crippen LogP contribution in [0.2, 0.25) is 0 Å². The van der Waals surface area contributed by atoms with E-state index < -0.39 is 11.9 Å². The number of nitrogens with one attached hydrogen (secondary N) is 2.